The van der Waals surface area contributed by atoms with Crippen LogP contribution < -0.4 is 20.7 Å². The number of rotatable bonds is 7. The molecule has 3 rings (SSSR count). The van der Waals surface area contributed by atoms with Gasteiger partial charge in [-0.1, -0.05) is 42.5 Å². The maximum Gasteiger partial charge on any atom is 0.315 e. The number of hydrogen-bond acceptors (Lipinski definition) is 3. The molecule has 1 aliphatic carbocycles. The average Bonchev–Trinajstić information content (AvgIpc) is 2.77. The molecule has 0 atom stereocenters. The predicted molar refractivity (Wildman–Crippen MR) is 112 cm³/mol. The summed E-state index contributed by atoms with van der Waals surface area (Å²) in [4.78, 5) is 24.5. The van der Waals surface area contributed by atoms with Gasteiger partial charge in [0.2, 0.25) is 5.91 Å². The van der Waals surface area contributed by atoms with Crippen LogP contribution in [-0.4, -0.2) is 25.1 Å². The first-order valence-electron chi connectivity index (χ1n) is 10.1. The Balaban J connectivity index is 1.34. The maximum absolute atomic E-state index is 12.4. The molecular weight excluding hydrogens is 366 g/mol. The van der Waals surface area contributed by atoms with E-state index in [1.54, 1.807) is 7.11 Å². The van der Waals surface area contributed by atoms with Crippen LogP contribution in [0.4, 0.5) is 4.79 Å². The van der Waals surface area contributed by atoms with Gasteiger partial charge in [0.1, 0.15) is 5.75 Å². The summed E-state index contributed by atoms with van der Waals surface area (Å²) in [6.45, 7) is 1.03. The van der Waals surface area contributed by atoms with Gasteiger partial charge in [-0.05, 0) is 48.9 Å². The highest BCUT2D eigenvalue weighted by Crippen LogP contribution is 2.24. The highest BCUT2D eigenvalue weighted by Gasteiger charge is 2.26. The summed E-state index contributed by atoms with van der Waals surface area (Å²) in [5.41, 5.74) is 2.12. The van der Waals surface area contributed by atoms with E-state index in [9.17, 15) is 9.59 Å². The van der Waals surface area contributed by atoms with Crippen molar-refractivity contribution in [1.82, 2.24) is 16.0 Å². The van der Waals surface area contributed by atoms with E-state index in [0.29, 0.717) is 13.1 Å². The number of methoxy groups -OCH3 is 1. The molecule has 3 N–H and O–H groups in total. The van der Waals surface area contributed by atoms with E-state index in [4.69, 9.17) is 4.74 Å². The quantitative estimate of drug-likeness (QED) is 0.672. The second-order valence-electron chi connectivity index (χ2n) is 7.43. The van der Waals surface area contributed by atoms with Gasteiger partial charge in [0.15, 0.2) is 0 Å². The summed E-state index contributed by atoms with van der Waals surface area (Å²) >= 11 is 0. The third kappa shape index (κ3) is 6.52. The monoisotopic (exact) mass is 395 g/mol. The second-order valence-corrected chi connectivity index (χ2v) is 7.43. The van der Waals surface area contributed by atoms with Crippen LogP contribution in [0.15, 0.2) is 54.6 Å². The Morgan fingerprint density at radius 1 is 0.862 bits per heavy atom. The van der Waals surface area contributed by atoms with Crippen molar-refractivity contribution in [3.8, 4) is 5.75 Å². The number of carbonyl (C=O) groups excluding carboxylic acids is 2. The van der Waals surface area contributed by atoms with E-state index in [0.717, 1.165) is 42.6 Å². The van der Waals surface area contributed by atoms with Crippen molar-refractivity contribution in [2.24, 2.45) is 5.92 Å². The van der Waals surface area contributed by atoms with Crippen LogP contribution in [0.2, 0.25) is 0 Å². The van der Waals surface area contributed by atoms with Crippen molar-refractivity contribution >= 4 is 11.9 Å². The van der Waals surface area contributed by atoms with Crippen molar-refractivity contribution in [1.29, 1.82) is 0 Å². The smallest absolute Gasteiger partial charge is 0.315 e. The van der Waals surface area contributed by atoms with Crippen LogP contribution >= 0.6 is 0 Å². The van der Waals surface area contributed by atoms with Crippen molar-refractivity contribution < 1.29 is 14.3 Å². The number of amides is 3. The number of benzene rings is 2. The lowest BCUT2D eigenvalue weighted by Gasteiger charge is -2.28. The Kier molecular flexibility index (Phi) is 7.50. The van der Waals surface area contributed by atoms with Gasteiger partial charge in [0, 0.05) is 25.0 Å². The molecular formula is C23H29N3O3. The molecule has 0 radical (unpaired) electrons. The molecule has 1 aliphatic rings. The number of hydrogen-bond donors (Lipinski definition) is 3. The fraction of sp³-hybridized carbons (Fsp3) is 0.391. The molecule has 0 saturated heterocycles. The van der Waals surface area contributed by atoms with Crippen molar-refractivity contribution in [2.75, 3.05) is 7.11 Å². The van der Waals surface area contributed by atoms with Crippen LogP contribution in [0.25, 0.3) is 0 Å². The van der Waals surface area contributed by atoms with E-state index in [1.807, 2.05) is 54.6 Å². The molecule has 1 saturated carbocycles. The van der Waals surface area contributed by atoms with E-state index in [1.165, 1.54) is 0 Å². The van der Waals surface area contributed by atoms with Crippen molar-refractivity contribution in [3.63, 3.8) is 0 Å². The van der Waals surface area contributed by atoms with Crippen LogP contribution in [-0.2, 0) is 17.9 Å². The second kappa shape index (κ2) is 10.5. The first-order chi connectivity index (χ1) is 14.1. The summed E-state index contributed by atoms with van der Waals surface area (Å²) in [5.74, 6) is 0.929. The molecule has 0 aliphatic heterocycles. The fourth-order valence-corrected chi connectivity index (χ4v) is 3.59. The lowest BCUT2D eigenvalue weighted by molar-refractivity contribution is -0.126. The van der Waals surface area contributed by atoms with E-state index in [-0.39, 0.29) is 23.9 Å². The Labute approximate surface area is 172 Å². The first-order valence-corrected chi connectivity index (χ1v) is 10.1. The molecule has 0 spiro atoms. The number of urea groups is 1. The van der Waals surface area contributed by atoms with Crippen LogP contribution in [0, 0.1) is 5.92 Å². The molecule has 154 valence electrons. The molecule has 6 heteroatoms. The lowest BCUT2D eigenvalue weighted by atomic mass is 9.85. The minimum absolute atomic E-state index is 0.0270. The first kappa shape index (κ1) is 20.7. The zero-order valence-corrected chi connectivity index (χ0v) is 16.8. The summed E-state index contributed by atoms with van der Waals surface area (Å²) < 4.78 is 5.13. The van der Waals surface area contributed by atoms with Crippen LogP contribution in [0.3, 0.4) is 0 Å². The Bertz CT molecular complexity index is 785. The largest absolute Gasteiger partial charge is 0.497 e. The minimum Gasteiger partial charge on any atom is -0.497 e. The Hall–Kier alpha value is -3.02. The van der Waals surface area contributed by atoms with E-state index < -0.39 is 0 Å². The van der Waals surface area contributed by atoms with Gasteiger partial charge in [-0.2, -0.15) is 0 Å². The molecule has 2 aromatic carbocycles. The normalized spacial score (nSPS) is 18.5. The number of ether oxygens (including phenoxy) is 1. The van der Waals surface area contributed by atoms with Gasteiger partial charge in [-0.3, -0.25) is 4.79 Å². The SMILES string of the molecule is COc1ccc(CNC(=O)NC2CCC(C(=O)NCc3ccccc3)CC2)cc1. The maximum atomic E-state index is 12.4. The van der Waals surface area contributed by atoms with Crippen molar-refractivity contribution in [2.45, 2.75) is 44.8 Å². The molecule has 6 nitrogen and oxygen atoms in total. The molecule has 29 heavy (non-hydrogen) atoms. The summed E-state index contributed by atoms with van der Waals surface area (Å²) in [6.07, 6.45) is 3.23. The third-order valence-corrected chi connectivity index (χ3v) is 5.35. The molecule has 0 unspecified atom stereocenters. The predicted octanol–water partition coefficient (Wildman–Crippen LogP) is 3.37. The molecule has 2 aromatic rings. The van der Waals surface area contributed by atoms with Crippen molar-refractivity contribution in [3.05, 3.63) is 65.7 Å². The molecule has 3 amide bonds. The summed E-state index contributed by atoms with van der Waals surface area (Å²) in [7, 11) is 1.63. The third-order valence-electron chi connectivity index (χ3n) is 5.35. The Morgan fingerprint density at radius 2 is 1.48 bits per heavy atom. The fourth-order valence-electron chi connectivity index (χ4n) is 3.59. The molecule has 0 aromatic heterocycles. The number of nitrogens with one attached hydrogen (secondary N) is 3. The standard InChI is InChI=1S/C23H29N3O3/c1-29-21-13-7-18(8-14-21)16-25-23(28)26-20-11-9-19(10-12-20)22(27)24-15-17-5-3-2-4-6-17/h2-8,13-14,19-20H,9-12,15-16H2,1H3,(H,24,27)(H2,25,26,28). The van der Waals surface area contributed by atoms with Gasteiger partial charge < -0.3 is 20.7 Å². The highest BCUT2D eigenvalue weighted by atomic mass is 16.5. The summed E-state index contributed by atoms with van der Waals surface area (Å²) in [5, 5.41) is 8.93. The zero-order valence-electron chi connectivity index (χ0n) is 16.8. The van der Waals surface area contributed by atoms with Gasteiger partial charge in [0.25, 0.3) is 0 Å². The lowest BCUT2D eigenvalue weighted by Crippen LogP contribution is -2.44. The molecule has 1 fully saturated rings. The van der Waals surface area contributed by atoms with Gasteiger partial charge in [0.05, 0.1) is 7.11 Å². The van der Waals surface area contributed by atoms with Crippen LogP contribution in [0.1, 0.15) is 36.8 Å². The van der Waals surface area contributed by atoms with Gasteiger partial charge in [-0.25, -0.2) is 4.79 Å². The van der Waals surface area contributed by atoms with E-state index in [2.05, 4.69) is 16.0 Å². The summed E-state index contributed by atoms with van der Waals surface area (Å²) in [6, 6.07) is 17.5. The van der Waals surface area contributed by atoms with Crippen LogP contribution in [0.5, 0.6) is 5.75 Å². The topological polar surface area (TPSA) is 79.5 Å². The zero-order chi connectivity index (χ0) is 20.5. The minimum atomic E-state index is -0.169. The van der Waals surface area contributed by atoms with E-state index >= 15 is 0 Å². The molecule has 0 bridgehead atoms. The molecule has 0 heterocycles. The van der Waals surface area contributed by atoms with Gasteiger partial charge in [-0.15, -0.1) is 0 Å². The highest BCUT2D eigenvalue weighted by molar-refractivity contribution is 5.79. The number of carbonyl (C=O) groups is 2. The average molecular weight is 396 g/mol. The Morgan fingerprint density at radius 3 is 2.14 bits per heavy atom. The van der Waals surface area contributed by atoms with Gasteiger partial charge >= 0.3 is 6.03 Å².